The Balaban J connectivity index is 1.66. The number of nitrogens with one attached hydrogen (secondary N) is 1. The maximum Gasteiger partial charge on any atom is 0.0480 e. The van der Waals surface area contributed by atoms with Crippen LogP contribution in [0.5, 0.6) is 0 Å². The predicted molar refractivity (Wildman–Crippen MR) is 91.5 cm³/mol. The second-order valence-electron chi connectivity index (χ2n) is 6.46. The molecule has 2 aliphatic rings. The Morgan fingerprint density at radius 3 is 2.45 bits per heavy atom. The normalized spacial score (nSPS) is 22.6. The van der Waals surface area contributed by atoms with Crippen molar-refractivity contribution in [1.82, 2.24) is 10.2 Å². The molecule has 1 aromatic carbocycles. The highest BCUT2D eigenvalue weighted by Crippen LogP contribution is 2.25. The average molecular weight is 323 g/mol. The molecule has 0 aliphatic carbocycles. The maximum atomic E-state index is 6.06. The monoisotopic (exact) mass is 322 g/mol. The van der Waals surface area contributed by atoms with Gasteiger partial charge in [0.15, 0.2) is 0 Å². The summed E-state index contributed by atoms with van der Waals surface area (Å²) in [5.74, 6) is 0. The number of hydrogen-bond donors (Lipinski definition) is 1. The summed E-state index contributed by atoms with van der Waals surface area (Å²) in [5, 5.41) is 4.60. The Hall–Kier alpha value is -0.610. The largest absolute Gasteiger partial charge is 0.381 e. The minimum Gasteiger partial charge on any atom is -0.381 e. The van der Waals surface area contributed by atoms with Gasteiger partial charge in [-0.15, -0.1) is 0 Å². The van der Waals surface area contributed by atoms with Gasteiger partial charge >= 0.3 is 0 Å². The Morgan fingerprint density at radius 1 is 1.09 bits per heavy atom. The lowest BCUT2D eigenvalue weighted by atomic mass is 10.0. The van der Waals surface area contributed by atoms with Gasteiger partial charge in [0.2, 0.25) is 0 Å². The van der Waals surface area contributed by atoms with Crippen molar-refractivity contribution >= 4 is 11.6 Å². The predicted octanol–water partition coefficient (Wildman–Crippen LogP) is 3.64. The molecule has 22 heavy (non-hydrogen) atoms. The highest BCUT2D eigenvalue weighted by molar-refractivity contribution is 6.30. The molecule has 0 spiro atoms. The molecule has 0 amide bonds. The molecule has 2 aliphatic heterocycles. The van der Waals surface area contributed by atoms with Crippen LogP contribution in [-0.2, 0) is 4.74 Å². The van der Waals surface area contributed by atoms with Crippen molar-refractivity contribution in [3.05, 3.63) is 34.9 Å². The van der Waals surface area contributed by atoms with E-state index in [-0.39, 0.29) is 0 Å². The smallest absolute Gasteiger partial charge is 0.0480 e. The molecule has 0 radical (unpaired) electrons. The molecule has 1 atom stereocenters. The number of hydrogen-bond acceptors (Lipinski definition) is 3. The fourth-order valence-corrected chi connectivity index (χ4v) is 3.68. The van der Waals surface area contributed by atoms with Gasteiger partial charge in [0.05, 0.1) is 0 Å². The van der Waals surface area contributed by atoms with E-state index >= 15 is 0 Å². The van der Waals surface area contributed by atoms with E-state index in [0.717, 1.165) is 37.6 Å². The van der Waals surface area contributed by atoms with Crippen LogP contribution in [-0.4, -0.2) is 43.8 Å². The zero-order chi connectivity index (χ0) is 15.2. The van der Waals surface area contributed by atoms with Crippen molar-refractivity contribution in [2.45, 2.75) is 44.2 Å². The molecule has 3 nitrogen and oxygen atoms in total. The van der Waals surface area contributed by atoms with Crippen molar-refractivity contribution in [3.63, 3.8) is 0 Å². The molecule has 0 aromatic heterocycles. The standard InChI is InChI=1S/C18H27ClN2O/c19-16-6-4-15(5-7-16)18(21-10-2-1-3-11-21)14-20-17-8-12-22-13-9-17/h4-7,17-18,20H,1-3,8-14H2/t18-/m1/s1. The first kappa shape index (κ1) is 16.3. The fourth-order valence-electron chi connectivity index (χ4n) is 3.55. The molecular weight excluding hydrogens is 296 g/mol. The van der Waals surface area contributed by atoms with Crippen LogP contribution < -0.4 is 5.32 Å². The van der Waals surface area contributed by atoms with Gasteiger partial charge in [-0.25, -0.2) is 0 Å². The van der Waals surface area contributed by atoms with Crippen LogP contribution in [0.25, 0.3) is 0 Å². The van der Waals surface area contributed by atoms with Gasteiger partial charge in [-0.2, -0.15) is 0 Å². The van der Waals surface area contributed by atoms with Gasteiger partial charge in [0.25, 0.3) is 0 Å². The minimum absolute atomic E-state index is 0.459. The molecule has 0 unspecified atom stereocenters. The first-order valence-corrected chi connectivity index (χ1v) is 9.01. The van der Waals surface area contributed by atoms with Crippen LogP contribution in [0.1, 0.15) is 43.7 Å². The molecule has 0 bridgehead atoms. The van der Waals surface area contributed by atoms with Crippen LogP contribution in [0.15, 0.2) is 24.3 Å². The SMILES string of the molecule is Clc1ccc([C@@H](CNC2CCOCC2)N2CCCCC2)cc1. The number of ether oxygens (including phenoxy) is 1. The molecular formula is C18H27ClN2O. The van der Waals surface area contributed by atoms with E-state index in [1.54, 1.807) is 0 Å². The van der Waals surface area contributed by atoms with Gasteiger partial charge < -0.3 is 10.1 Å². The zero-order valence-electron chi connectivity index (χ0n) is 13.3. The fraction of sp³-hybridized carbons (Fsp3) is 0.667. The molecule has 2 fully saturated rings. The topological polar surface area (TPSA) is 24.5 Å². The van der Waals surface area contributed by atoms with Crippen LogP contribution >= 0.6 is 11.6 Å². The molecule has 0 saturated carbocycles. The Labute approximate surface area is 139 Å². The van der Waals surface area contributed by atoms with Crippen molar-refractivity contribution in [2.24, 2.45) is 0 Å². The molecule has 1 aromatic rings. The summed E-state index contributed by atoms with van der Waals surface area (Å²) in [6, 6.07) is 9.47. The number of rotatable bonds is 5. The Kier molecular flexibility index (Phi) is 6.13. The number of nitrogens with zero attached hydrogens (tertiary/aromatic N) is 1. The average Bonchev–Trinajstić information content (AvgIpc) is 2.58. The van der Waals surface area contributed by atoms with E-state index < -0.39 is 0 Å². The van der Waals surface area contributed by atoms with Crippen LogP contribution in [0.3, 0.4) is 0 Å². The second-order valence-corrected chi connectivity index (χ2v) is 6.90. The Morgan fingerprint density at radius 2 is 1.77 bits per heavy atom. The molecule has 3 rings (SSSR count). The second kappa shape index (κ2) is 8.30. The molecule has 2 saturated heterocycles. The van der Waals surface area contributed by atoms with Crippen molar-refractivity contribution in [3.8, 4) is 0 Å². The highest BCUT2D eigenvalue weighted by atomic mass is 35.5. The summed E-state index contributed by atoms with van der Waals surface area (Å²) in [7, 11) is 0. The molecule has 4 heteroatoms. The lowest BCUT2D eigenvalue weighted by molar-refractivity contribution is 0.0737. The van der Waals surface area contributed by atoms with E-state index in [0.29, 0.717) is 12.1 Å². The quantitative estimate of drug-likeness (QED) is 0.895. The number of likely N-dealkylation sites (tertiary alicyclic amines) is 1. The third-order valence-electron chi connectivity index (χ3n) is 4.91. The minimum atomic E-state index is 0.459. The number of piperidine rings is 1. The van der Waals surface area contributed by atoms with Gasteiger partial charge in [0.1, 0.15) is 0 Å². The first-order valence-electron chi connectivity index (χ1n) is 8.63. The molecule has 2 heterocycles. The first-order chi connectivity index (χ1) is 10.8. The highest BCUT2D eigenvalue weighted by Gasteiger charge is 2.23. The lowest BCUT2D eigenvalue weighted by Crippen LogP contribution is -2.43. The van der Waals surface area contributed by atoms with E-state index in [1.165, 1.54) is 37.9 Å². The van der Waals surface area contributed by atoms with Gasteiger partial charge in [0, 0.05) is 36.9 Å². The van der Waals surface area contributed by atoms with Gasteiger partial charge in [-0.1, -0.05) is 30.2 Å². The van der Waals surface area contributed by atoms with E-state index in [2.05, 4.69) is 22.3 Å². The van der Waals surface area contributed by atoms with Crippen LogP contribution in [0, 0.1) is 0 Å². The van der Waals surface area contributed by atoms with E-state index in [9.17, 15) is 0 Å². The van der Waals surface area contributed by atoms with Gasteiger partial charge in [-0.05, 0) is 56.5 Å². The van der Waals surface area contributed by atoms with Crippen molar-refractivity contribution < 1.29 is 4.74 Å². The van der Waals surface area contributed by atoms with Crippen molar-refractivity contribution in [1.29, 1.82) is 0 Å². The lowest BCUT2D eigenvalue weighted by Gasteiger charge is -2.36. The summed E-state index contributed by atoms with van der Waals surface area (Å²) >= 11 is 6.06. The maximum absolute atomic E-state index is 6.06. The zero-order valence-corrected chi connectivity index (χ0v) is 14.0. The van der Waals surface area contributed by atoms with E-state index in [4.69, 9.17) is 16.3 Å². The third-order valence-corrected chi connectivity index (χ3v) is 5.16. The molecule has 1 N–H and O–H groups in total. The third kappa shape index (κ3) is 4.45. The summed E-state index contributed by atoms with van der Waals surface area (Å²) < 4.78 is 5.46. The van der Waals surface area contributed by atoms with Crippen LogP contribution in [0.4, 0.5) is 0 Å². The van der Waals surface area contributed by atoms with Crippen molar-refractivity contribution in [2.75, 3.05) is 32.8 Å². The number of halogens is 1. The summed E-state index contributed by atoms with van der Waals surface area (Å²) in [6.45, 7) is 5.23. The summed E-state index contributed by atoms with van der Waals surface area (Å²) in [6.07, 6.45) is 6.28. The van der Waals surface area contributed by atoms with E-state index in [1.807, 2.05) is 12.1 Å². The number of benzene rings is 1. The molecule has 122 valence electrons. The Bertz CT molecular complexity index is 439. The van der Waals surface area contributed by atoms with Gasteiger partial charge in [-0.3, -0.25) is 4.90 Å². The van der Waals surface area contributed by atoms with Crippen LogP contribution in [0.2, 0.25) is 5.02 Å². The summed E-state index contributed by atoms with van der Waals surface area (Å²) in [4.78, 5) is 2.64. The summed E-state index contributed by atoms with van der Waals surface area (Å²) in [5.41, 5.74) is 1.38.